The molecule has 0 atom stereocenters. The van der Waals surface area contributed by atoms with Gasteiger partial charge >= 0.3 is 0 Å². The molecule has 0 unspecified atom stereocenters. The molecule has 0 saturated heterocycles. The van der Waals surface area contributed by atoms with Crippen LogP contribution in [0.25, 0.3) is 72.3 Å². The fraction of sp³-hybridized carbons (Fsp3) is 0.342. The van der Waals surface area contributed by atoms with Gasteiger partial charge in [-0.05, 0) is 152 Å². The number of hydrogen-bond donors (Lipinski definition) is 0. The summed E-state index contributed by atoms with van der Waals surface area (Å²) < 4.78 is 89.0. The summed E-state index contributed by atoms with van der Waals surface area (Å²) in [5.41, 5.74) is 9.67. The Bertz CT molecular complexity index is 4230. The third kappa shape index (κ3) is 10.8. The van der Waals surface area contributed by atoms with Gasteiger partial charge in [0.15, 0.2) is 11.0 Å². The van der Waals surface area contributed by atoms with Crippen LogP contribution in [0.3, 0.4) is 0 Å². The zero-order chi connectivity index (χ0) is 62.3. The van der Waals surface area contributed by atoms with Gasteiger partial charge in [0, 0.05) is 40.2 Å². The second kappa shape index (κ2) is 21.2. The van der Waals surface area contributed by atoms with Gasteiger partial charge in [-0.1, -0.05) is 195 Å². The largest absolute Gasteiger partial charge is 0.457 e. The molecular weight excluding hydrogens is 949 g/mol. The number of benzene rings is 7. The summed E-state index contributed by atoms with van der Waals surface area (Å²) in [5.74, 6) is 2.10. The van der Waals surface area contributed by atoms with Crippen LogP contribution in [0.1, 0.15) is 173 Å². The normalized spacial score (nSPS) is 14.0. The first-order chi connectivity index (χ1) is 40.5. The Labute approximate surface area is 477 Å². The number of imidazole rings is 1. The minimum absolute atomic E-state index is 0.00141. The molecular formula is C73H83N4O+. The molecule has 78 heavy (non-hydrogen) atoms. The molecule has 0 fully saturated rings. The zero-order valence-corrected chi connectivity index (χ0v) is 48.6. The van der Waals surface area contributed by atoms with Gasteiger partial charge in [0.05, 0.1) is 22.0 Å². The minimum atomic E-state index is -0.681. The van der Waals surface area contributed by atoms with Crippen molar-refractivity contribution in [1.29, 1.82) is 0 Å². The lowest BCUT2D eigenvalue weighted by atomic mass is 9.77. The first-order valence-corrected chi connectivity index (χ1v) is 28.2. The van der Waals surface area contributed by atoms with Gasteiger partial charge in [-0.2, -0.15) is 9.13 Å². The number of unbranched alkanes of at least 4 members (excludes halogenated alkanes) is 3. The van der Waals surface area contributed by atoms with Crippen LogP contribution >= 0.6 is 0 Å². The molecule has 10 rings (SSSR count). The average Bonchev–Trinajstić information content (AvgIpc) is 1.31. The van der Waals surface area contributed by atoms with Crippen LogP contribution in [0.15, 0.2) is 164 Å². The number of fused-ring (bicyclic) bond motifs is 4. The van der Waals surface area contributed by atoms with E-state index in [1.807, 2.05) is 119 Å². The number of para-hydroxylation sites is 2. The van der Waals surface area contributed by atoms with Crippen molar-refractivity contribution in [2.45, 2.75) is 164 Å². The maximum atomic E-state index is 10.2. The lowest BCUT2D eigenvalue weighted by Gasteiger charge is -2.28. The average molecular weight is 1040 g/mol. The Balaban J connectivity index is 1.21. The van der Waals surface area contributed by atoms with Crippen molar-refractivity contribution >= 4 is 32.8 Å². The fourth-order valence-corrected chi connectivity index (χ4v) is 10.8. The molecule has 0 amide bonds. The SMILES string of the molecule is [2H]c1c([2H])c([2H])c(-c2cc(C(C)(C)C)cc(-c3c([2H])c(C(C)(C)C)c([2H])c(C(C)(C)C)c3[2H])c2-[n+]2cn(-c3cccc(Oc4ccc5c6c(CCC)c(CCCCCC)ccc6n(-c6cc(C(C)(C)C)ccn6)c5c4)c3)c3ccccc32)c([2H])c1[2H]. The second-order valence-electron chi connectivity index (χ2n) is 25.4. The lowest BCUT2D eigenvalue weighted by molar-refractivity contribution is -0.566. The van der Waals surface area contributed by atoms with E-state index in [0.29, 0.717) is 50.5 Å². The molecule has 5 heteroatoms. The van der Waals surface area contributed by atoms with E-state index in [1.165, 1.54) is 41.3 Å². The molecule has 10 aromatic rings. The predicted octanol–water partition coefficient (Wildman–Crippen LogP) is 19.8. The molecule has 400 valence electrons. The number of aryl methyl sites for hydroxylation is 2. The molecule has 3 aromatic heterocycles. The summed E-state index contributed by atoms with van der Waals surface area (Å²) in [4.78, 5) is 5.04. The van der Waals surface area contributed by atoms with Crippen molar-refractivity contribution in [3.63, 3.8) is 0 Å². The molecule has 0 bridgehead atoms. The summed E-state index contributed by atoms with van der Waals surface area (Å²) >= 11 is 0. The van der Waals surface area contributed by atoms with Crippen LogP contribution in [-0.2, 0) is 34.5 Å². The molecule has 0 aliphatic rings. The molecule has 3 heterocycles. The molecule has 0 aliphatic carbocycles. The van der Waals surface area contributed by atoms with Gasteiger partial charge in [-0.25, -0.2) is 4.98 Å². The summed E-state index contributed by atoms with van der Waals surface area (Å²) in [6, 6.07) is 33.1. The molecule has 0 radical (unpaired) electrons. The van der Waals surface area contributed by atoms with E-state index < -0.39 is 34.4 Å². The molecule has 0 spiro atoms. The van der Waals surface area contributed by atoms with Gasteiger partial charge in [-0.15, -0.1) is 0 Å². The van der Waals surface area contributed by atoms with Gasteiger partial charge in [0.25, 0.3) is 6.33 Å². The van der Waals surface area contributed by atoms with Crippen molar-refractivity contribution < 1.29 is 20.3 Å². The van der Waals surface area contributed by atoms with Crippen molar-refractivity contribution in [2.75, 3.05) is 0 Å². The van der Waals surface area contributed by atoms with E-state index in [2.05, 4.69) is 107 Å². The quantitative estimate of drug-likeness (QED) is 0.0804. The first-order valence-electron chi connectivity index (χ1n) is 32.2. The highest BCUT2D eigenvalue weighted by Crippen LogP contribution is 2.43. The molecule has 0 N–H and O–H groups in total. The molecule has 0 aliphatic heterocycles. The van der Waals surface area contributed by atoms with E-state index in [-0.39, 0.29) is 41.2 Å². The van der Waals surface area contributed by atoms with Gasteiger partial charge in [0.1, 0.15) is 28.7 Å². The van der Waals surface area contributed by atoms with Crippen molar-refractivity contribution in [3.8, 4) is 50.9 Å². The Hall–Kier alpha value is -7.24. The van der Waals surface area contributed by atoms with Crippen LogP contribution in [0, 0.1) is 0 Å². The topological polar surface area (TPSA) is 35.9 Å². The van der Waals surface area contributed by atoms with E-state index in [0.717, 1.165) is 64.7 Å². The third-order valence-corrected chi connectivity index (χ3v) is 15.2. The minimum Gasteiger partial charge on any atom is -0.457 e. The van der Waals surface area contributed by atoms with Crippen LogP contribution in [0.4, 0.5) is 0 Å². The predicted molar refractivity (Wildman–Crippen MR) is 331 cm³/mol. The third-order valence-electron chi connectivity index (χ3n) is 15.2. The summed E-state index contributed by atoms with van der Waals surface area (Å²) in [7, 11) is 0. The Morgan fingerprint density at radius 1 is 0.551 bits per heavy atom. The monoisotopic (exact) mass is 1040 g/mol. The highest BCUT2D eigenvalue weighted by molar-refractivity contribution is 6.11. The summed E-state index contributed by atoms with van der Waals surface area (Å²) in [6.45, 7) is 29.3. The van der Waals surface area contributed by atoms with Gasteiger partial charge in [-0.3, -0.25) is 4.57 Å². The summed E-state index contributed by atoms with van der Waals surface area (Å²) in [5, 5.41) is 2.42. The standard InChI is InChI=1S/C73H83N4O/c1-15-17-18-20-29-50-34-37-65-68(59(50)26-16-2)60-36-35-58(47-66(60)77(65)67-45-52(38-39-74-67)70(3,4)5)78-57-31-25-30-56(46-57)75-48-76(64-33-24-23-32-63(64)75)69-61(49-27-21-19-22-28-49)43-55(73(12,13)14)44-62(69)51-40-53(71(6,7)8)42-54(41-51)72(9,10)11/h19,21-25,27-28,30-48H,15-18,20,26,29H2,1-14H3/q+1/i19D,21D,22D,27D,28D,40D,41D,42D. The maximum Gasteiger partial charge on any atom is 0.255 e. The lowest BCUT2D eigenvalue weighted by Crippen LogP contribution is -2.31. The highest BCUT2D eigenvalue weighted by atomic mass is 16.5. The molecule has 7 aromatic carbocycles. The van der Waals surface area contributed by atoms with Crippen LogP contribution < -0.4 is 9.30 Å². The van der Waals surface area contributed by atoms with E-state index in [9.17, 15) is 6.85 Å². The molecule has 5 nitrogen and oxygen atoms in total. The molecule has 0 saturated carbocycles. The van der Waals surface area contributed by atoms with Gasteiger partial charge < -0.3 is 4.74 Å². The Morgan fingerprint density at radius 3 is 1.91 bits per heavy atom. The number of rotatable bonds is 14. The Morgan fingerprint density at radius 2 is 1.23 bits per heavy atom. The second-order valence-corrected chi connectivity index (χ2v) is 25.4. The van der Waals surface area contributed by atoms with E-state index in [4.69, 9.17) is 13.8 Å². The number of nitrogens with zero attached hydrogens (tertiary/aromatic N) is 4. The van der Waals surface area contributed by atoms with Crippen molar-refractivity contribution in [3.05, 3.63) is 197 Å². The first kappa shape index (κ1) is 44.7. The smallest absolute Gasteiger partial charge is 0.255 e. The highest BCUT2D eigenvalue weighted by Gasteiger charge is 2.30. The Kier molecular flexibility index (Phi) is 12.1. The van der Waals surface area contributed by atoms with Crippen molar-refractivity contribution in [2.24, 2.45) is 0 Å². The van der Waals surface area contributed by atoms with E-state index >= 15 is 0 Å². The summed E-state index contributed by atoms with van der Waals surface area (Å²) in [6.07, 6.45) is 11.7. The van der Waals surface area contributed by atoms with Crippen LogP contribution in [0.5, 0.6) is 11.5 Å². The maximum absolute atomic E-state index is 10.2. The van der Waals surface area contributed by atoms with Crippen molar-refractivity contribution in [1.82, 2.24) is 14.1 Å². The zero-order valence-electron chi connectivity index (χ0n) is 56.6. The van der Waals surface area contributed by atoms with Crippen LogP contribution in [0.2, 0.25) is 0 Å². The number of pyridine rings is 1. The van der Waals surface area contributed by atoms with E-state index in [1.54, 1.807) is 0 Å². The fourth-order valence-electron chi connectivity index (χ4n) is 10.8. The number of aromatic nitrogens is 4. The number of ether oxygens (including phenoxy) is 1. The van der Waals surface area contributed by atoms with Gasteiger partial charge in [0.2, 0.25) is 0 Å². The number of hydrogen-bond acceptors (Lipinski definition) is 2. The van der Waals surface area contributed by atoms with Crippen LogP contribution in [-0.4, -0.2) is 14.1 Å².